The van der Waals surface area contributed by atoms with Crippen LogP contribution in [0, 0.1) is 12.4 Å². The van der Waals surface area contributed by atoms with Crippen molar-refractivity contribution >= 4 is 22.6 Å². The molecule has 2 aromatic carbocycles. The van der Waals surface area contributed by atoms with Gasteiger partial charge >= 0.3 is 6.18 Å². The number of hydrogen-bond acceptors (Lipinski definition) is 4. The Morgan fingerprint density at radius 3 is 2.68 bits per heavy atom. The highest BCUT2D eigenvalue weighted by atomic mass is 19.4. The molecule has 12 heteroatoms. The Hall–Kier alpha value is -5.05. The van der Waals surface area contributed by atoms with E-state index in [9.17, 15) is 22.4 Å². The molecular weight excluding hydrogens is 490 g/mol. The van der Waals surface area contributed by atoms with Gasteiger partial charge in [-0.1, -0.05) is 12.6 Å². The summed E-state index contributed by atoms with van der Waals surface area (Å²) in [7, 11) is 0. The minimum absolute atomic E-state index is 0.0575. The highest BCUT2D eigenvalue weighted by molar-refractivity contribution is 5.97. The van der Waals surface area contributed by atoms with E-state index in [2.05, 4.69) is 30.4 Å². The molecule has 8 nitrogen and oxygen atoms in total. The number of aromatic nitrogens is 5. The van der Waals surface area contributed by atoms with Gasteiger partial charge in [-0.3, -0.25) is 9.89 Å². The zero-order valence-electron chi connectivity index (χ0n) is 18.7. The number of aromatic amines is 1. The molecule has 3 aromatic heterocycles. The zero-order valence-corrected chi connectivity index (χ0v) is 18.7. The van der Waals surface area contributed by atoms with Crippen molar-refractivity contribution in [3.05, 3.63) is 101 Å². The third kappa shape index (κ3) is 4.74. The number of alkyl halides is 3. The molecule has 0 saturated heterocycles. The topological polar surface area (TPSA) is 92.9 Å². The van der Waals surface area contributed by atoms with Crippen LogP contribution in [0.15, 0.2) is 67.3 Å². The smallest absolute Gasteiger partial charge is 0.360 e. The number of halogens is 4. The molecule has 0 aliphatic rings. The lowest BCUT2D eigenvalue weighted by Gasteiger charge is -2.09. The van der Waals surface area contributed by atoms with Gasteiger partial charge in [0.1, 0.15) is 12.0 Å². The predicted molar refractivity (Wildman–Crippen MR) is 125 cm³/mol. The first-order valence-corrected chi connectivity index (χ1v) is 10.7. The van der Waals surface area contributed by atoms with Crippen molar-refractivity contribution in [1.29, 1.82) is 0 Å². The van der Waals surface area contributed by atoms with Crippen LogP contribution in [0.25, 0.3) is 32.6 Å². The molecule has 3 heterocycles. The largest absolute Gasteiger partial charge is 0.409 e. The van der Waals surface area contributed by atoms with Crippen LogP contribution in [0.1, 0.15) is 21.5 Å². The van der Waals surface area contributed by atoms with E-state index < -0.39 is 23.4 Å². The lowest BCUT2D eigenvalue weighted by Crippen LogP contribution is -2.23. The minimum atomic E-state index is -4.74. The number of amides is 1. The van der Waals surface area contributed by atoms with Crippen LogP contribution >= 0.6 is 0 Å². The fourth-order valence-electron chi connectivity index (χ4n) is 3.71. The molecule has 0 saturated carbocycles. The molecule has 0 bridgehead atoms. The van der Waals surface area contributed by atoms with E-state index in [0.717, 1.165) is 23.2 Å². The highest BCUT2D eigenvalue weighted by Gasteiger charge is 2.34. The van der Waals surface area contributed by atoms with Gasteiger partial charge in [0.05, 0.1) is 29.2 Å². The first kappa shape index (κ1) is 23.7. The summed E-state index contributed by atoms with van der Waals surface area (Å²) < 4.78 is 55.9. The SMILES string of the molecule is [C-]#[N+]c1ncc(-c2cnn(-c3ccc(CNC(=O)c4ccc5[nH]ncc5c4)c(F)c3)c2)cc1C(F)(F)F. The van der Waals surface area contributed by atoms with E-state index in [-0.39, 0.29) is 23.6 Å². The molecular formula is C25H15F4N7O. The van der Waals surface area contributed by atoms with Crippen molar-refractivity contribution in [3.8, 4) is 16.8 Å². The first-order chi connectivity index (χ1) is 17.7. The van der Waals surface area contributed by atoms with Crippen LogP contribution < -0.4 is 5.32 Å². The summed E-state index contributed by atoms with van der Waals surface area (Å²) in [5.74, 6) is -1.71. The summed E-state index contributed by atoms with van der Waals surface area (Å²) >= 11 is 0. The third-order valence-electron chi connectivity index (χ3n) is 5.64. The van der Waals surface area contributed by atoms with Crippen LogP contribution in [-0.4, -0.2) is 30.9 Å². The molecule has 1 amide bonds. The highest BCUT2D eigenvalue weighted by Crippen LogP contribution is 2.37. The number of nitrogens with one attached hydrogen (secondary N) is 2. The summed E-state index contributed by atoms with van der Waals surface area (Å²) in [6.45, 7) is 6.84. The van der Waals surface area contributed by atoms with Crippen molar-refractivity contribution < 1.29 is 22.4 Å². The van der Waals surface area contributed by atoms with E-state index in [1.54, 1.807) is 30.5 Å². The van der Waals surface area contributed by atoms with Gasteiger partial charge in [-0.2, -0.15) is 23.4 Å². The molecule has 0 unspecified atom stereocenters. The number of pyridine rings is 1. The Balaban J connectivity index is 1.32. The van der Waals surface area contributed by atoms with E-state index in [1.165, 1.54) is 29.2 Å². The maximum absolute atomic E-state index is 14.8. The number of benzene rings is 2. The van der Waals surface area contributed by atoms with Gasteiger partial charge in [0.25, 0.3) is 11.7 Å². The van der Waals surface area contributed by atoms with Crippen molar-refractivity contribution in [2.24, 2.45) is 0 Å². The second-order valence-electron chi connectivity index (χ2n) is 8.01. The van der Waals surface area contributed by atoms with Gasteiger partial charge in [-0.25, -0.2) is 9.07 Å². The second kappa shape index (κ2) is 9.19. The average molecular weight is 505 g/mol. The summed E-state index contributed by atoms with van der Waals surface area (Å²) in [6, 6.07) is 10.1. The summed E-state index contributed by atoms with van der Waals surface area (Å²) in [5, 5.41) is 14.3. The number of rotatable bonds is 5. The van der Waals surface area contributed by atoms with Gasteiger partial charge in [0, 0.05) is 40.4 Å². The number of carbonyl (C=O) groups excluding carboxylic acids is 1. The third-order valence-corrected chi connectivity index (χ3v) is 5.64. The average Bonchev–Trinajstić information content (AvgIpc) is 3.56. The van der Waals surface area contributed by atoms with Gasteiger partial charge in [0.15, 0.2) is 0 Å². The standard InChI is InChI=1S/C25H15F4N7O/c1-30-23-20(25(27,28)29)7-16(10-31-23)18-12-34-36(13-18)19-4-2-15(21(26)8-19)9-32-24(37)14-3-5-22-17(6-14)11-33-35-22/h2-8,10-13H,9H2,(H,32,37)(H,33,35). The molecule has 0 aliphatic heterocycles. The van der Waals surface area contributed by atoms with Crippen LogP contribution in [0.5, 0.6) is 0 Å². The minimum Gasteiger partial charge on any atom is -0.360 e. The first-order valence-electron chi connectivity index (χ1n) is 10.7. The maximum Gasteiger partial charge on any atom is 0.409 e. The Morgan fingerprint density at radius 1 is 1.08 bits per heavy atom. The molecule has 0 spiro atoms. The lowest BCUT2D eigenvalue weighted by atomic mass is 10.1. The predicted octanol–water partition coefficient (Wildman–Crippen LogP) is 5.45. The number of hydrogen-bond donors (Lipinski definition) is 2. The van der Waals surface area contributed by atoms with Gasteiger partial charge in [-0.15, -0.1) is 4.98 Å². The summed E-state index contributed by atoms with van der Waals surface area (Å²) in [4.78, 5) is 18.9. The fraction of sp³-hybridized carbons (Fsp3) is 0.0800. The van der Waals surface area contributed by atoms with E-state index in [0.29, 0.717) is 16.8 Å². The molecule has 0 atom stereocenters. The Labute approximate surface area is 206 Å². The van der Waals surface area contributed by atoms with Crippen molar-refractivity contribution in [2.45, 2.75) is 12.7 Å². The Kier molecular flexibility index (Phi) is 5.88. The fourth-order valence-corrected chi connectivity index (χ4v) is 3.71. The van der Waals surface area contributed by atoms with Crippen LogP contribution in [-0.2, 0) is 12.7 Å². The van der Waals surface area contributed by atoms with E-state index >= 15 is 0 Å². The van der Waals surface area contributed by atoms with Crippen molar-refractivity contribution in [3.63, 3.8) is 0 Å². The molecule has 0 aliphatic carbocycles. The van der Waals surface area contributed by atoms with Crippen LogP contribution in [0.2, 0.25) is 0 Å². The zero-order chi connectivity index (χ0) is 26.2. The van der Waals surface area contributed by atoms with Crippen LogP contribution in [0.4, 0.5) is 23.4 Å². The molecule has 2 N–H and O–H groups in total. The summed E-state index contributed by atoms with van der Waals surface area (Å²) in [5.41, 5.74) is 1.03. The van der Waals surface area contributed by atoms with Gasteiger partial charge < -0.3 is 10.2 Å². The molecule has 0 fully saturated rings. The van der Waals surface area contributed by atoms with E-state index in [4.69, 9.17) is 6.57 Å². The number of fused-ring (bicyclic) bond motifs is 1. The number of carbonyl (C=O) groups is 1. The Bertz CT molecular complexity index is 1680. The van der Waals surface area contributed by atoms with Gasteiger partial charge in [-0.05, 0) is 36.4 Å². The monoisotopic (exact) mass is 505 g/mol. The quantitative estimate of drug-likeness (QED) is 0.246. The second-order valence-corrected chi connectivity index (χ2v) is 8.01. The normalized spacial score (nSPS) is 11.4. The molecule has 5 aromatic rings. The van der Waals surface area contributed by atoms with Crippen molar-refractivity contribution in [1.82, 2.24) is 30.3 Å². The maximum atomic E-state index is 14.8. The molecule has 37 heavy (non-hydrogen) atoms. The summed E-state index contributed by atoms with van der Waals surface area (Å²) in [6.07, 6.45) is 0.758. The van der Waals surface area contributed by atoms with Gasteiger partial charge in [0.2, 0.25) is 0 Å². The molecule has 0 radical (unpaired) electrons. The van der Waals surface area contributed by atoms with Crippen molar-refractivity contribution in [2.75, 3.05) is 0 Å². The molecule has 184 valence electrons. The Morgan fingerprint density at radius 2 is 1.92 bits per heavy atom. The molecule has 5 rings (SSSR count). The lowest BCUT2D eigenvalue weighted by molar-refractivity contribution is -0.137. The van der Waals surface area contributed by atoms with Crippen LogP contribution in [0.3, 0.4) is 0 Å². The van der Waals surface area contributed by atoms with E-state index in [1.807, 2.05) is 0 Å². The number of H-pyrrole nitrogens is 1. The number of nitrogens with zero attached hydrogens (tertiary/aromatic N) is 5.